The van der Waals surface area contributed by atoms with Crippen molar-refractivity contribution in [1.29, 1.82) is 0 Å². The zero-order chi connectivity index (χ0) is 41.1. The Morgan fingerprint density at radius 1 is 0.429 bits per heavy atom. The van der Waals surface area contributed by atoms with Crippen LogP contribution in [0.4, 0.5) is 0 Å². The highest BCUT2D eigenvalue weighted by atomic mass is 31.2. The van der Waals surface area contributed by atoms with Gasteiger partial charge in [-0.25, -0.2) is 0 Å². The first kappa shape index (κ1) is 42.3. The monoisotopic (exact) mass is 787 g/mol. The first-order valence-corrected chi connectivity index (χ1v) is 26.6. The van der Waals surface area contributed by atoms with Crippen LogP contribution >= 0.6 is 7.72 Å². The van der Waals surface area contributed by atoms with Crippen molar-refractivity contribution < 1.29 is 0 Å². The van der Waals surface area contributed by atoms with Crippen molar-refractivity contribution in [1.82, 2.24) is 0 Å². The topological polar surface area (TPSA) is 0 Å². The highest BCUT2D eigenvalue weighted by Gasteiger charge is 2.56. The van der Waals surface area contributed by atoms with Crippen LogP contribution in [0.2, 0.25) is 0 Å². The Morgan fingerprint density at radius 2 is 0.714 bits per heavy atom. The van der Waals surface area contributed by atoms with Gasteiger partial charge in [-0.2, -0.15) is 0 Å². The maximum atomic E-state index is 2.86. The molecule has 0 spiro atoms. The average molecular weight is 787 g/mol. The fourth-order valence-electron chi connectivity index (χ4n) is 14.8. The van der Waals surface area contributed by atoms with E-state index in [9.17, 15) is 0 Å². The summed E-state index contributed by atoms with van der Waals surface area (Å²) in [6.45, 7) is 41.1. The van der Waals surface area contributed by atoms with Gasteiger partial charge in [-0.05, 0) is 175 Å². The van der Waals surface area contributed by atoms with Crippen molar-refractivity contribution in [3.05, 3.63) is 87.0 Å². The summed E-state index contributed by atoms with van der Waals surface area (Å²) < 4.78 is 0. The third-order valence-corrected chi connectivity index (χ3v) is 23.2. The quantitative estimate of drug-likeness (QED) is 0.134. The van der Waals surface area contributed by atoms with Crippen LogP contribution in [-0.2, 0) is 43.3 Å². The minimum Gasteiger partial charge on any atom is -0.0896 e. The van der Waals surface area contributed by atoms with Crippen LogP contribution in [0.1, 0.15) is 232 Å². The molecule has 0 radical (unpaired) electrons. The summed E-state index contributed by atoms with van der Waals surface area (Å²) in [7, 11) is 0.266. The summed E-state index contributed by atoms with van der Waals surface area (Å²) in [5, 5.41) is 5.22. The zero-order valence-corrected chi connectivity index (χ0v) is 40.9. The van der Waals surface area contributed by atoms with E-state index in [-0.39, 0.29) is 43.3 Å². The maximum Gasteiger partial charge on any atom is 0.117 e. The van der Waals surface area contributed by atoms with Crippen LogP contribution in [0.3, 0.4) is 0 Å². The molecule has 0 atom stereocenters. The van der Waals surface area contributed by atoms with Gasteiger partial charge in [-0.1, -0.05) is 161 Å². The molecule has 2 heteroatoms. The smallest absolute Gasteiger partial charge is 0.0896 e. The van der Waals surface area contributed by atoms with Crippen molar-refractivity contribution in [2.45, 2.75) is 231 Å². The summed E-state index contributed by atoms with van der Waals surface area (Å²) in [6, 6.07) is 17.8. The second-order valence-electron chi connectivity index (χ2n) is 22.2. The molecule has 0 unspecified atom stereocenters. The van der Waals surface area contributed by atoms with Gasteiger partial charge in [-0.15, -0.1) is 0 Å². The van der Waals surface area contributed by atoms with Crippen molar-refractivity contribution >= 4 is 31.4 Å². The van der Waals surface area contributed by atoms with Gasteiger partial charge in [0.05, 0.1) is 0 Å². The zero-order valence-electron chi connectivity index (χ0n) is 39.0. The lowest BCUT2D eigenvalue weighted by molar-refractivity contribution is 0.322. The Bertz CT molecular complexity index is 1920. The highest BCUT2D eigenvalue weighted by molar-refractivity contribution is 7.63. The van der Waals surface area contributed by atoms with E-state index in [1.807, 2.05) is 5.19 Å². The molecule has 0 saturated heterocycles. The fourth-order valence-corrected chi connectivity index (χ4v) is 21.7. The first-order chi connectivity index (χ1) is 26.2. The van der Waals surface area contributed by atoms with Crippen LogP contribution in [-0.4, -0.2) is 8.05 Å². The molecule has 0 nitrogen and oxygen atoms in total. The molecule has 0 saturated carbocycles. The van der Waals surface area contributed by atoms with Gasteiger partial charge in [0.2, 0.25) is 0 Å². The molecule has 0 heterocycles. The van der Waals surface area contributed by atoms with Crippen LogP contribution in [0.25, 0.3) is 0 Å². The van der Waals surface area contributed by atoms with Gasteiger partial charge in [0.25, 0.3) is 0 Å². The van der Waals surface area contributed by atoms with Crippen LogP contribution in [0.15, 0.2) is 42.5 Å². The Labute approximate surface area is 348 Å². The first-order valence-electron chi connectivity index (χ1n) is 23.3. The van der Waals surface area contributed by atoms with Crippen LogP contribution in [0, 0.1) is 0 Å². The molecule has 0 aromatic heterocycles. The Kier molecular flexibility index (Phi) is 10.5. The Hall–Kier alpha value is -1.82. The lowest BCUT2D eigenvalue weighted by Gasteiger charge is -2.33. The second-order valence-corrected chi connectivity index (χ2v) is 26.6. The van der Waals surface area contributed by atoms with Crippen molar-refractivity contribution in [2.24, 2.45) is 0 Å². The molecule has 304 valence electrons. The van der Waals surface area contributed by atoms with Crippen molar-refractivity contribution in [3.63, 3.8) is 0 Å². The molecule has 0 amide bonds. The summed E-state index contributed by atoms with van der Waals surface area (Å²) in [4.78, 5) is 0. The summed E-state index contributed by atoms with van der Waals surface area (Å²) in [6.07, 6.45) is 14.9. The third-order valence-electron chi connectivity index (χ3n) is 17.7. The summed E-state index contributed by atoms with van der Waals surface area (Å²) >= 11 is 0. The van der Waals surface area contributed by atoms with Gasteiger partial charge in [0.1, 0.15) is 8.05 Å². The molecule has 0 fully saturated rings. The maximum absolute atomic E-state index is 2.86. The van der Waals surface area contributed by atoms with E-state index in [0.29, 0.717) is 0 Å². The van der Waals surface area contributed by atoms with E-state index in [2.05, 4.69) is 153 Å². The SMILES string of the molecule is CCC1(CC)CC(C)(C)c2c1cc1c(c2P=[Si](c2ccccc2)c2c3c(cc4c2C(C)(C)CC4(CC)CC)C(CC)(CC)CC3(C)C)C(C)(C)CC1(CC)CC. The van der Waals surface area contributed by atoms with Gasteiger partial charge < -0.3 is 0 Å². The largest absolute Gasteiger partial charge is 0.117 e. The predicted molar refractivity (Wildman–Crippen MR) is 251 cm³/mol. The van der Waals surface area contributed by atoms with E-state index in [4.69, 9.17) is 0 Å². The Morgan fingerprint density at radius 3 is 1.02 bits per heavy atom. The minimum atomic E-state index is -1.34. The summed E-state index contributed by atoms with van der Waals surface area (Å²) in [5.41, 5.74) is 15.6. The molecule has 0 N–H and O–H groups in total. The van der Waals surface area contributed by atoms with Gasteiger partial charge in [0.15, 0.2) is 0 Å². The number of hydrogen-bond donors (Lipinski definition) is 0. The van der Waals surface area contributed by atoms with E-state index in [0.717, 1.165) is 0 Å². The minimum absolute atomic E-state index is 0.129. The molecule has 0 bridgehead atoms. The van der Waals surface area contributed by atoms with E-state index in [1.165, 1.54) is 77.0 Å². The number of rotatable bonds is 11. The molecule has 3 aromatic carbocycles. The normalized spacial score (nSPS) is 23.5. The molecule has 4 aliphatic carbocycles. The van der Waals surface area contributed by atoms with E-state index < -0.39 is 8.05 Å². The standard InChI is InChI=1S/C54H79PSi/c1-17-51(18-2)32-47(9,10)41-37(51)30-38-42(48(11,12)33-52(38,19-3)20-4)45(41)55-56(36-28-26-25-27-29-36)46-43-39(53(21-5,22-6)34-49(43,13)14)31-40-44(46)50(15,16)35-54(40,23-7)24-8/h25-31H,17-24,32-35H2,1-16H3. The van der Waals surface area contributed by atoms with Crippen molar-refractivity contribution in [3.8, 4) is 0 Å². The number of fused-ring (bicyclic) bond motifs is 4. The van der Waals surface area contributed by atoms with E-state index >= 15 is 0 Å². The van der Waals surface area contributed by atoms with Gasteiger partial charge in [0, 0.05) is 5.30 Å². The molecule has 4 aliphatic rings. The lowest BCUT2D eigenvalue weighted by atomic mass is 9.72. The summed E-state index contributed by atoms with van der Waals surface area (Å²) in [5.74, 6) is 0. The molecule has 0 aliphatic heterocycles. The highest BCUT2D eigenvalue weighted by Crippen LogP contribution is 2.61. The Balaban J connectivity index is 1.75. The molecule has 3 aromatic rings. The van der Waals surface area contributed by atoms with Gasteiger partial charge >= 0.3 is 0 Å². The predicted octanol–water partition coefficient (Wildman–Crippen LogP) is 14.0. The average Bonchev–Trinajstić information content (AvgIpc) is 3.76. The van der Waals surface area contributed by atoms with Crippen molar-refractivity contribution in [2.75, 3.05) is 0 Å². The van der Waals surface area contributed by atoms with E-state index in [1.54, 1.807) is 62.7 Å². The second kappa shape index (κ2) is 13.9. The molecule has 7 rings (SSSR count). The molecular weight excluding hydrogens is 708 g/mol. The number of benzene rings is 3. The third kappa shape index (κ3) is 5.75. The molecular formula is C54H79PSi. The van der Waals surface area contributed by atoms with Gasteiger partial charge in [-0.3, -0.25) is 0 Å². The van der Waals surface area contributed by atoms with Crippen LogP contribution in [0.5, 0.6) is 0 Å². The fraction of sp³-hybridized carbons (Fsp3) is 0.667. The lowest BCUT2D eigenvalue weighted by Crippen LogP contribution is -2.44. The molecule has 56 heavy (non-hydrogen) atoms. The van der Waals surface area contributed by atoms with Crippen LogP contribution < -0.4 is 15.7 Å². The number of hydrogen-bond acceptors (Lipinski definition) is 0.